The zero-order valence-corrected chi connectivity index (χ0v) is 22.1. The molecule has 0 bridgehead atoms. The van der Waals surface area contributed by atoms with Crippen molar-refractivity contribution in [3.8, 4) is 11.5 Å². The van der Waals surface area contributed by atoms with E-state index in [1.807, 2.05) is 30.3 Å². The first-order chi connectivity index (χ1) is 19.0. The first kappa shape index (κ1) is 27.7. The molecule has 1 fully saturated rings. The number of hydrogen-bond donors (Lipinski definition) is 2. The highest BCUT2D eigenvalue weighted by Gasteiger charge is 2.33. The maximum absolute atomic E-state index is 13.8. The summed E-state index contributed by atoms with van der Waals surface area (Å²) in [6.07, 6.45) is 3.09. The van der Waals surface area contributed by atoms with Gasteiger partial charge in [0.1, 0.15) is 6.04 Å². The summed E-state index contributed by atoms with van der Waals surface area (Å²) in [5.41, 5.74) is 1.35. The molecule has 0 unspecified atom stereocenters. The van der Waals surface area contributed by atoms with Crippen LogP contribution in [0.25, 0.3) is 0 Å². The van der Waals surface area contributed by atoms with E-state index in [0.29, 0.717) is 30.2 Å². The highest BCUT2D eigenvalue weighted by Crippen LogP contribution is 2.33. The molecule has 0 radical (unpaired) electrons. The van der Waals surface area contributed by atoms with Crippen LogP contribution in [0.2, 0.25) is 0 Å². The van der Waals surface area contributed by atoms with Crippen molar-refractivity contribution in [1.29, 1.82) is 0 Å². The van der Waals surface area contributed by atoms with Crippen LogP contribution in [-0.2, 0) is 20.9 Å². The zero-order chi connectivity index (χ0) is 27.6. The van der Waals surface area contributed by atoms with Crippen molar-refractivity contribution in [3.63, 3.8) is 0 Å². The smallest absolute Gasteiger partial charge is 0.287 e. The fraction of sp³-hybridized carbons (Fsp3) is 0.345. The SMILES string of the molecule is COc1ccc([C@H](C(=O)NC[C@@H]2CCCO2)N(Cc2ccccc2)C(=O)CNC(=O)c2ccco2)cc1OC. The number of amides is 3. The molecular formula is C29H33N3O7. The summed E-state index contributed by atoms with van der Waals surface area (Å²) >= 11 is 0. The van der Waals surface area contributed by atoms with E-state index in [4.69, 9.17) is 18.6 Å². The summed E-state index contributed by atoms with van der Waals surface area (Å²) in [5, 5.41) is 5.56. The summed E-state index contributed by atoms with van der Waals surface area (Å²) in [6.45, 7) is 0.774. The fourth-order valence-corrected chi connectivity index (χ4v) is 4.47. The van der Waals surface area contributed by atoms with Gasteiger partial charge in [0.25, 0.3) is 5.91 Å². The lowest BCUT2D eigenvalue weighted by Crippen LogP contribution is -2.48. The van der Waals surface area contributed by atoms with Gasteiger partial charge in [-0.15, -0.1) is 0 Å². The van der Waals surface area contributed by atoms with Gasteiger partial charge in [0.15, 0.2) is 17.3 Å². The second kappa shape index (κ2) is 13.5. The Morgan fingerprint density at radius 2 is 1.79 bits per heavy atom. The topological polar surface area (TPSA) is 119 Å². The fourth-order valence-electron chi connectivity index (χ4n) is 4.47. The second-order valence-electron chi connectivity index (χ2n) is 9.06. The van der Waals surface area contributed by atoms with Gasteiger partial charge in [0, 0.05) is 19.7 Å². The largest absolute Gasteiger partial charge is 0.493 e. The number of benzene rings is 2. The van der Waals surface area contributed by atoms with Crippen LogP contribution < -0.4 is 20.1 Å². The molecule has 2 atom stereocenters. The van der Waals surface area contributed by atoms with Gasteiger partial charge in [-0.3, -0.25) is 14.4 Å². The molecule has 2 aromatic carbocycles. The maximum atomic E-state index is 13.8. The lowest BCUT2D eigenvalue weighted by Gasteiger charge is -2.32. The molecule has 206 valence electrons. The first-order valence-corrected chi connectivity index (χ1v) is 12.8. The molecule has 0 aliphatic carbocycles. The lowest BCUT2D eigenvalue weighted by molar-refractivity contribution is -0.141. The number of rotatable bonds is 12. The van der Waals surface area contributed by atoms with Crippen molar-refractivity contribution in [1.82, 2.24) is 15.5 Å². The third-order valence-corrected chi connectivity index (χ3v) is 6.47. The second-order valence-corrected chi connectivity index (χ2v) is 9.06. The van der Waals surface area contributed by atoms with Gasteiger partial charge in [0.2, 0.25) is 11.8 Å². The minimum atomic E-state index is -1.03. The van der Waals surface area contributed by atoms with Crippen LogP contribution in [0.15, 0.2) is 71.3 Å². The third kappa shape index (κ3) is 7.17. The highest BCUT2D eigenvalue weighted by atomic mass is 16.5. The van der Waals surface area contributed by atoms with Crippen molar-refractivity contribution >= 4 is 17.7 Å². The zero-order valence-electron chi connectivity index (χ0n) is 22.1. The molecule has 4 rings (SSSR count). The third-order valence-electron chi connectivity index (χ3n) is 6.47. The van der Waals surface area contributed by atoms with Gasteiger partial charge >= 0.3 is 0 Å². The Balaban J connectivity index is 1.66. The Morgan fingerprint density at radius 3 is 2.46 bits per heavy atom. The molecule has 3 aromatic rings. The number of hydrogen-bond acceptors (Lipinski definition) is 7. The normalized spacial score (nSPS) is 15.3. The van der Waals surface area contributed by atoms with Gasteiger partial charge in [-0.25, -0.2) is 0 Å². The Bertz CT molecular complexity index is 1240. The van der Waals surface area contributed by atoms with E-state index in [2.05, 4.69) is 10.6 Å². The number of methoxy groups -OCH3 is 2. The summed E-state index contributed by atoms with van der Waals surface area (Å²) in [6, 6.07) is 16.5. The van der Waals surface area contributed by atoms with Gasteiger partial charge in [-0.2, -0.15) is 0 Å². The number of carbonyl (C=O) groups is 3. The minimum Gasteiger partial charge on any atom is -0.493 e. The standard InChI is InChI=1S/C29H33N3O7/c1-36-23-13-12-21(16-25(23)37-2)27(29(35)30-17-22-10-6-14-38-22)32(19-20-8-4-3-5-9-20)26(33)18-31-28(34)24-11-7-15-39-24/h3-5,7-9,11-13,15-16,22,27H,6,10,14,17-19H2,1-2H3,(H,30,35)(H,31,34)/t22-,27+/m0/s1. The molecule has 2 heterocycles. The number of nitrogens with zero attached hydrogens (tertiary/aromatic N) is 1. The molecule has 1 aromatic heterocycles. The lowest BCUT2D eigenvalue weighted by atomic mass is 10.0. The monoisotopic (exact) mass is 535 g/mol. The van der Waals surface area contributed by atoms with Crippen molar-refractivity contribution in [3.05, 3.63) is 83.8 Å². The van der Waals surface area contributed by atoms with Crippen LogP contribution in [0.3, 0.4) is 0 Å². The summed E-state index contributed by atoms with van der Waals surface area (Å²) in [5.74, 6) is -0.358. The van der Waals surface area contributed by atoms with Crippen LogP contribution in [0.1, 0.15) is 40.6 Å². The van der Waals surface area contributed by atoms with Crippen LogP contribution in [0.4, 0.5) is 0 Å². The minimum absolute atomic E-state index is 0.0779. The number of nitrogens with one attached hydrogen (secondary N) is 2. The van der Waals surface area contributed by atoms with Crippen molar-refractivity contribution in [2.45, 2.75) is 31.5 Å². The van der Waals surface area contributed by atoms with Crippen molar-refractivity contribution in [2.75, 3.05) is 33.9 Å². The molecular weight excluding hydrogens is 502 g/mol. The van der Waals surface area contributed by atoms with E-state index >= 15 is 0 Å². The van der Waals surface area contributed by atoms with Crippen LogP contribution in [-0.4, -0.2) is 62.6 Å². The molecule has 1 saturated heterocycles. The average Bonchev–Trinajstić information content (AvgIpc) is 3.70. The Labute approximate surface area is 227 Å². The van der Waals surface area contributed by atoms with E-state index in [1.165, 1.54) is 31.4 Å². The first-order valence-electron chi connectivity index (χ1n) is 12.8. The van der Waals surface area contributed by atoms with Gasteiger partial charge in [-0.05, 0) is 48.2 Å². The van der Waals surface area contributed by atoms with Crippen molar-refractivity contribution < 1.29 is 33.0 Å². The Hall–Kier alpha value is -4.31. The van der Waals surface area contributed by atoms with Gasteiger partial charge in [-0.1, -0.05) is 36.4 Å². The van der Waals surface area contributed by atoms with Gasteiger partial charge < -0.3 is 34.2 Å². The molecule has 0 saturated carbocycles. The predicted molar refractivity (Wildman–Crippen MR) is 142 cm³/mol. The molecule has 1 aliphatic heterocycles. The number of ether oxygens (including phenoxy) is 3. The van der Waals surface area contributed by atoms with E-state index in [9.17, 15) is 14.4 Å². The maximum Gasteiger partial charge on any atom is 0.287 e. The van der Waals surface area contributed by atoms with E-state index < -0.39 is 17.9 Å². The van der Waals surface area contributed by atoms with E-state index in [0.717, 1.165) is 18.4 Å². The highest BCUT2D eigenvalue weighted by molar-refractivity contribution is 5.95. The van der Waals surface area contributed by atoms with E-state index in [1.54, 1.807) is 24.3 Å². The molecule has 10 heteroatoms. The van der Waals surface area contributed by atoms with Crippen LogP contribution >= 0.6 is 0 Å². The quantitative estimate of drug-likeness (QED) is 0.366. The molecule has 39 heavy (non-hydrogen) atoms. The van der Waals surface area contributed by atoms with E-state index in [-0.39, 0.29) is 30.9 Å². The van der Waals surface area contributed by atoms with Crippen LogP contribution in [0, 0.1) is 0 Å². The van der Waals surface area contributed by atoms with Crippen molar-refractivity contribution in [2.24, 2.45) is 0 Å². The molecule has 1 aliphatic rings. The summed E-state index contributed by atoms with van der Waals surface area (Å²) in [7, 11) is 3.03. The van der Waals surface area contributed by atoms with Gasteiger partial charge in [0.05, 0.1) is 33.1 Å². The Kier molecular flexibility index (Phi) is 9.58. The number of furan rings is 1. The summed E-state index contributed by atoms with van der Waals surface area (Å²) < 4.78 is 21.6. The number of carbonyl (C=O) groups excluding carboxylic acids is 3. The Morgan fingerprint density at radius 1 is 1.00 bits per heavy atom. The predicted octanol–water partition coefficient (Wildman–Crippen LogP) is 3.09. The summed E-state index contributed by atoms with van der Waals surface area (Å²) in [4.78, 5) is 41.4. The molecule has 2 N–H and O–H groups in total. The average molecular weight is 536 g/mol. The van der Waals surface area contributed by atoms with Crippen LogP contribution in [0.5, 0.6) is 11.5 Å². The molecule has 3 amide bonds. The molecule has 0 spiro atoms. The molecule has 10 nitrogen and oxygen atoms in total.